The number of aromatic carboxylic acids is 1. The van der Waals surface area contributed by atoms with Gasteiger partial charge in [-0.2, -0.15) is 0 Å². The fraction of sp³-hybridized carbons (Fsp3) is 0.391. The van der Waals surface area contributed by atoms with Gasteiger partial charge in [-0.05, 0) is 80.5 Å². The summed E-state index contributed by atoms with van der Waals surface area (Å²) in [7, 11) is 0. The number of anilines is 2. The molecule has 0 aliphatic carbocycles. The van der Waals surface area contributed by atoms with E-state index in [0.29, 0.717) is 22.4 Å². The van der Waals surface area contributed by atoms with E-state index in [4.69, 9.17) is 0 Å². The minimum atomic E-state index is -0.986. The van der Waals surface area contributed by atoms with Gasteiger partial charge in [0.2, 0.25) is 0 Å². The second kappa shape index (κ2) is 8.66. The van der Waals surface area contributed by atoms with Crippen LogP contribution in [0.1, 0.15) is 50.2 Å². The van der Waals surface area contributed by atoms with Crippen molar-refractivity contribution in [1.82, 2.24) is 0 Å². The molecule has 3 N–H and O–H groups in total. The third-order valence-corrected chi connectivity index (χ3v) is 5.63. The minimum absolute atomic E-state index is 0.181. The molecule has 1 amide bonds. The number of piperidine rings is 1. The molecule has 1 heterocycles. The molecule has 1 atom stereocenters. The lowest BCUT2D eigenvalue weighted by Gasteiger charge is -2.34. The number of carbonyl (C=O) groups excluding carboxylic acids is 1. The van der Waals surface area contributed by atoms with E-state index in [9.17, 15) is 19.8 Å². The molecule has 0 aromatic heterocycles. The zero-order chi connectivity index (χ0) is 21.1. The van der Waals surface area contributed by atoms with Crippen molar-refractivity contribution in [2.45, 2.75) is 33.6 Å². The Morgan fingerprint density at radius 3 is 2.41 bits per heavy atom. The molecular formula is C23H28N2O4. The highest BCUT2D eigenvalue weighted by atomic mass is 16.4. The van der Waals surface area contributed by atoms with E-state index in [1.54, 1.807) is 26.0 Å². The summed E-state index contributed by atoms with van der Waals surface area (Å²) in [6.45, 7) is 7.37. The number of amides is 1. The molecule has 2 aromatic rings. The monoisotopic (exact) mass is 396 g/mol. The van der Waals surface area contributed by atoms with Gasteiger partial charge in [0.05, 0.1) is 5.56 Å². The Labute approximate surface area is 171 Å². The Morgan fingerprint density at radius 1 is 1.10 bits per heavy atom. The van der Waals surface area contributed by atoms with Gasteiger partial charge >= 0.3 is 5.97 Å². The maximum absolute atomic E-state index is 13.0. The number of nitrogens with one attached hydrogen (secondary N) is 1. The SMILES string of the molecule is Cc1ccc(N2CCCC(CO)C2)cc1C(=O)Nc1c(C)cc(C(=O)O)cc1C. The molecule has 1 saturated heterocycles. The van der Waals surface area contributed by atoms with Gasteiger partial charge in [0.25, 0.3) is 5.91 Å². The van der Waals surface area contributed by atoms with Gasteiger partial charge in [0.1, 0.15) is 0 Å². The van der Waals surface area contributed by atoms with Crippen LogP contribution in [-0.4, -0.2) is 41.8 Å². The van der Waals surface area contributed by atoms with Crippen LogP contribution in [0.3, 0.4) is 0 Å². The second-order valence-corrected chi connectivity index (χ2v) is 7.88. The summed E-state index contributed by atoms with van der Waals surface area (Å²) in [5, 5.41) is 21.7. The summed E-state index contributed by atoms with van der Waals surface area (Å²) in [5.41, 5.74) is 4.73. The minimum Gasteiger partial charge on any atom is -0.478 e. The number of carbonyl (C=O) groups is 2. The zero-order valence-corrected chi connectivity index (χ0v) is 17.2. The molecule has 0 spiro atoms. The van der Waals surface area contributed by atoms with Crippen LogP contribution in [-0.2, 0) is 0 Å². The molecule has 154 valence electrons. The number of carboxylic acids is 1. The third kappa shape index (κ3) is 4.59. The highest BCUT2D eigenvalue weighted by Gasteiger charge is 2.21. The second-order valence-electron chi connectivity index (χ2n) is 7.88. The van der Waals surface area contributed by atoms with Crippen molar-refractivity contribution in [3.63, 3.8) is 0 Å². The Morgan fingerprint density at radius 2 is 1.79 bits per heavy atom. The molecule has 6 heteroatoms. The molecule has 2 aromatic carbocycles. The van der Waals surface area contributed by atoms with E-state index in [0.717, 1.165) is 37.2 Å². The number of carboxylic acid groups (broad SMARTS) is 1. The van der Waals surface area contributed by atoms with Crippen LogP contribution >= 0.6 is 0 Å². The van der Waals surface area contributed by atoms with E-state index in [-0.39, 0.29) is 24.0 Å². The summed E-state index contributed by atoms with van der Waals surface area (Å²) in [6, 6.07) is 9.00. The van der Waals surface area contributed by atoms with Crippen molar-refractivity contribution >= 4 is 23.3 Å². The predicted molar refractivity (Wildman–Crippen MR) is 114 cm³/mol. The lowest BCUT2D eigenvalue weighted by molar-refractivity contribution is 0.0696. The molecule has 1 aliphatic rings. The molecule has 0 saturated carbocycles. The summed E-state index contributed by atoms with van der Waals surface area (Å²) < 4.78 is 0. The summed E-state index contributed by atoms with van der Waals surface area (Å²) in [6.07, 6.45) is 2.05. The number of aryl methyl sites for hydroxylation is 3. The van der Waals surface area contributed by atoms with Crippen LogP contribution in [0.25, 0.3) is 0 Å². The molecule has 0 bridgehead atoms. The van der Waals surface area contributed by atoms with Crippen LogP contribution in [0.4, 0.5) is 11.4 Å². The standard InChI is InChI=1S/C23H28N2O4/c1-14-6-7-19(25-8-4-5-17(12-25)13-26)11-20(14)22(27)24-21-15(2)9-18(23(28)29)10-16(21)3/h6-7,9-11,17,26H,4-5,8,12-13H2,1-3H3,(H,24,27)(H,28,29). The molecule has 3 rings (SSSR count). The fourth-order valence-corrected chi connectivity index (χ4v) is 3.96. The van der Waals surface area contributed by atoms with Crippen molar-refractivity contribution in [2.24, 2.45) is 5.92 Å². The van der Waals surface area contributed by atoms with Crippen molar-refractivity contribution in [1.29, 1.82) is 0 Å². The number of nitrogens with zero attached hydrogens (tertiary/aromatic N) is 1. The largest absolute Gasteiger partial charge is 0.478 e. The average molecular weight is 396 g/mol. The molecule has 6 nitrogen and oxygen atoms in total. The number of rotatable bonds is 5. The first-order valence-corrected chi connectivity index (χ1v) is 9.92. The molecule has 1 fully saturated rings. The molecule has 0 radical (unpaired) electrons. The molecule has 1 aliphatic heterocycles. The Bertz CT molecular complexity index is 915. The van der Waals surface area contributed by atoms with Gasteiger partial charge < -0.3 is 20.4 Å². The van der Waals surface area contributed by atoms with Crippen LogP contribution in [0.5, 0.6) is 0 Å². The van der Waals surface area contributed by atoms with Gasteiger partial charge in [-0.15, -0.1) is 0 Å². The van der Waals surface area contributed by atoms with Crippen molar-refractivity contribution in [2.75, 3.05) is 29.9 Å². The van der Waals surface area contributed by atoms with E-state index in [2.05, 4.69) is 10.2 Å². The molecule has 29 heavy (non-hydrogen) atoms. The van der Waals surface area contributed by atoms with Gasteiger partial charge in [-0.3, -0.25) is 4.79 Å². The topological polar surface area (TPSA) is 89.9 Å². The van der Waals surface area contributed by atoms with Crippen molar-refractivity contribution < 1.29 is 19.8 Å². The lowest BCUT2D eigenvalue weighted by Crippen LogP contribution is -2.36. The lowest BCUT2D eigenvalue weighted by atomic mass is 9.97. The Hall–Kier alpha value is -2.86. The highest BCUT2D eigenvalue weighted by Crippen LogP contribution is 2.27. The number of aliphatic hydroxyl groups is 1. The summed E-state index contributed by atoms with van der Waals surface area (Å²) in [5.74, 6) is -0.935. The van der Waals surface area contributed by atoms with Crippen LogP contribution < -0.4 is 10.2 Å². The van der Waals surface area contributed by atoms with Gasteiger partial charge in [-0.25, -0.2) is 4.79 Å². The highest BCUT2D eigenvalue weighted by molar-refractivity contribution is 6.07. The Kier molecular flexibility index (Phi) is 6.23. The van der Waals surface area contributed by atoms with Crippen molar-refractivity contribution in [3.8, 4) is 0 Å². The fourth-order valence-electron chi connectivity index (χ4n) is 3.96. The average Bonchev–Trinajstić information content (AvgIpc) is 2.70. The quantitative estimate of drug-likeness (QED) is 0.716. The van der Waals surface area contributed by atoms with Gasteiger partial charge in [0, 0.05) is 36.6 Å². The van der Waals surface area contributed by atoms with Crippen LogP contribution in [0, 0.1) is 26.7 Å². The Balaban J connectivity index is 1.85. The maximum Gasteiger partial charge on any atom is 0.335 e. The first-order valence-electron chi connectivity index (χ1n) is 9.92. The first kappa shape index (κ1) is 20.9. The number of hydrogen-bond acceptors (Lipinski definition) is 4. The van der Waals surface area contributed by atoms with Crippen LogP contribution in [0.15, 0.2) is 30.3 Å². The number of benzene rings is 2. The van der Waals surface area contributed by atoms with E-state index < -0.39 is 5.97 Å². The smallest absolute Gasteiger partial charge is 0.335 e. The third-order valence-electron chi connectivity index (χ3n) is 5.63. The van der Waals surface area contributed by atoms with E-state index in [1.807, 2.05) is 25.1 Å². The number of aliphatic hydroxyl groups excluding tert-OH is 1. The normalized spacial score (nSPS) is 16.6. The van der Waals surface area contributed by atoms with Gasteiger partial charge in [0.15, 0.2) is 0 Å². The van der Waals surface area contributed by atoms with Gasteiger partial charge in [-0.1, -0.05) is 6.07 Å². The maximum atomic E-state index is 13.0. The summed E-state index contributed by atoms with van der Waals surface area (Å²) >= 11 is 0. The predicted octanol–water partition coefficient (Wildman–Crippen LogP) is 3.77. The molecule has 1 unspecified atom stereocenters. The van der Waals surface area contributed by atoms with Crippen LogP contribution in [0.2, 0.25) is 0 Å². The first-order chi connectivity index (χ1) is 13.8. The molecular weight excluding hydrogens is 368 g/mol. The zero-order valence-electron chi connectivity index (χ0n) is 17.2. The number of hydrogen-bond donors (Lipinski definition) is 3. The van der Waals surface area contributed by atoms with Crippen molar-refractivity contribution in [3.05, 3.63) is 58.1 Å². The van der Waals surface area contributed by atoms with E-state index in [1.165, 1.54) is 0 Å². The summed E-state index contributed by atoms with van der Waals surface area (Å²) in [4.78, 5) is 26.5. The van der Waals surface area contributed by atoms with E-state index >= 15 is 0 Å².